The molecule has 1 amide bonds. The molecule has 0 radical (unpaired) electrons. The number of hydrazone groups is 1. The Kier molecular flexibility index (Phi) is 5.19. The van der Waals surface area contributed by atoms with Crippen LogP contribution in [0.4, 0.5) is 0 Å². The van der Waals surface area contributed by atoms with Crippen molar-refractivity contribution in [3.63, 3.8) is 0 Å². The molecule has 5 rings (SSSR count). The minimum absolute atomic E-state index is 0.314. The monoisotopic (exact) mass is 433 g/mol. The highest BCUT2D eigenvalue weighted by atomic mass is 32.1. The first-order valence-electron chi connectivity index (χ1n) is 9.73. The summed E-state index contributed by atoms with van der Waals surface area (Å²) < 4.78 is 17.4. The molecule has 0 bridgehead atoms. The summed E-state index contributed by atoms with van der Waals surface area (Å²) in [5.74, 6) is 1.32. The van der Waals surface area contributed by atoms with Crippen LogP contribution in [-0.2, 0) is 17.9 Å². The van der Waals surface area contributed by atoms with Gasteiger partial charge in [0.1, 0.15) is 23.1 Å². The van der Waals surface area contributed by atoms with E-state index in [1.807, 2.05) is 42.5 Å². The third-order valence-electron chi connectivity index (χ3n) is 5.04. The second-order valence-electron chi connectivity index (χ2n) is 6.96. The van der Waals surface area contributed by atoms with Crippen LogP contribution in [0.5, 0.6) is 5.75 Å². The number of para-hydroxylation sites is 1. The van der Waals surface area contributed by atoms with Gasteiger partial charge in [-0.25, -0.2) is 10.4 Å². The van der Waals surface area contributed by atoms with Crippen molar-refractivity contribution in [1.82, 2.24) is 19.4 Å². The van der Waals surface area contributed by atoms with Crippen LogP contribution in [0.3, 0.4) is 0 Å². The van der Waals surface area contributed by atoms with Crippen molar-refractivity contribution in [2.24, 2.45) is 5.10 Å². The zero-order valence-corrected chi connectivity index (χ0v) is 17.6. The third-order valence-corrected chi connectivity index (χ3v) is 5.83. The first-order valence-corrected chi connectivity index (χ1v) is 10.5. The predicted octanol–water partition coefficient (Wildman–Crippen LogP) is 3.46. The highest BCUT2D eigenvalue weighted by molar-refractivity contribution is 7.08. The van der Waals surface area contributed by atoms with Crippen LogP contribution in [-0.4, -0.2) is 39.8 Å². The number of nitrogens with zero attached hydrogens (tertiary/aromatic N) is 4. The summed E-state index contributed by atoms with van der Waals surface area (Å²) in [6, 6.07) is 15.2. The largest absolute Gasteiger partial charge is 0.496 e. The average Bonchev–Trinajstić information content (AvgIpc) is 3.44. The first-order chi connectivity index (χ1) is 15.2. The molecule has 0 saturated carbocycles. The van der Waals surface area contributed by atoms with E-state index in [0.29, 0.717) is 29.5 Å². The van der Waals surface area contributed by atoms with Gasteiger partial charge in [0.2, 0.25) is 0 Å². The lowest BCUT2D eigenvalue weighted by Crippen LogP contribution is -2.16. The van der Waals surface area contributed by atoms with E-state index in [9.17, 15) is 4.79 Å². The van der Waals surface area contributed by atoms with E-state index < -0.39 is 0 Å². The molecular weight excluding hydrogens is 414 g/mol. The number of rotatable bonds is 5. The van der Waals surface area contributed by atoms with Crippen LogP contribution >= 0.6 is 11.5 Å². The maximum Gasteiger partial charge on any atom is 0.283 e. The van der Waals surface area contributed by atoms with Crippen molar-refractivity contribution in [3.8, 4) is 17.0 Å². The lowest BCUT2D eigenvalue weighted by Gasteiger charge is -2.14. The van der Waals surface area contributed by atoms with Gasteiger partial charge in [0.25, 0.3) is 5.91 Å². The molecule has 2 aromatic heterocycles. The highest BCUT2D eigenvalue weighted by Gasteiger charge is 2.15. The van der Waals surface area contributed by atoms with Gasteiger partial charge in [0, 0.05) is 12.1 Å². The Labute approximate surface area is 182 Å². The van der Waals surface area contributed by atoms with Crippen LogP contribution in [0.1, 0.15) is 21.1 Å². The number of nitrogens with one attached hydrogen (secondary N) is 1. The molecule has 3 heterocycles. The van der Waals surface area contributed by atoms with Crippen LogP contribution in [0, 0.1) is 0 Å². The zero-order valence-electron chi connectivity index (χ0n) is 16.7. The molecule has 0 unspecified atom stereocenters. The van der Waals surface area contributed by atoms with Crippen LogP contribution in [0.15, 0.2) is 53.6 Å². The molecule has 1 N–H and O–H groups in total. The van der Waals surface area contributed by atoms with E-state index in [0.717, 1.165) is 46.1 Å². The third kappa shape index (κ3) is 3.80. The zero-order chi connectivity index (χ0) is 21.2. The van der Waals surface area contributed by atoms with Gasteiger partial charge >= 0.3 is 0 Å². The maximum absolute atomic E-state index is 12.5. The summed E-state index contributed by atoms with van der Waals surface area (Å²) in [6.07, 6.45) is 1.61. The van der Waals surface area contributed by atoms with E-state index in [-0.39, 0.29) is 5.91 Å². The highest BCUT2D eigenvalue weighted by Crippen LogP contribution is 2.30. The van der Waals surface area contributed by atoms with Gasteiger partial charge in [-0.05, 0) is 47.4 Å². The number of carbonyl (C=O) groups is 1. The van der Waals surface area contributed by atoms with E-state index in [1.165, 1.54) is 0 Å². The van der Waals surface area contributed by atoms with Gasteiger partial charge in [0.15, 0.2) is 0 Å². The minimum atomic E-state index is -0.314. The van der Waals surface area contributed by atoms with Gasteiger partial charge in [-0.3, -0.25) is 4.79 Å². The Hall–Kier alpha value is -3.56. The van der Waals surface area contributed by atoms with Crippen LogP contribution in [0.2, 0.25) is 0 Å². The van der Waals surface area contributed by atoms with Crippen molar-refractivity contribution in [2.45, 2.75) is 13.2 Å². The Bertz CT molecular complexity index is 1290. The van der Waals surface area contributed by atoms with E-state index in [2.05, 4.69) is 24.5 Å². The smallest absolute Gasteiger partial charge is 0.283 e. The summed E-state index contributed by atoms with van der Waals surface area (Å²) in [5, 5.41) is 4.09. The van der Waals surface area contributed by atoms with Crippen molar-refractivity contribution >= 4 is 34.7 Å². The number of carbonyl (C=O) groups excluding carboxylic acids is 1. The quantitative estimate of drug-likeness (QED) is 0.385. The topological polar surface area (TPSA) is 90.6 Å². The second-order valence-corrected chi connectivity index (χ2v) is 7.76. The minimum Gasteiger partial charge on any atom is -0.496 e. The van der Waals surface area contributed by atoms with Gasteiger partial charge in [-0.1, -0.05) is 18.2 Å². The van der Waals surface area contributed by atoms with Gasteiger partial charge in [-0.2, -0.15) is 9.47 Å². The van der Waals surface area contributed by atoms with Crippen molar-refractivity contribution in [3.05, 3.63) is 64.8 Å². The summed E-state index contributed by atoms with van der Waals surface area (Å²) in [5.41, 5.74) is 6.91. The number of imidazole rings is 1. The van der Waals surface area contributed by atoms with Crippen LogP contribution < -0.4 is 10.2 Å². The van der Waals surface area contributed by atoms with Crippen LogP contribution in [0.25, 0.3) is 22.3 Å². The number of ether oxygens (including phenoxy) is 2. The molecule has 31 heavy (non-hydrogen) atoms. The fourth-order valence-corrected chi connectivity index (χ4v) is 4.18. The van der Waals surface area contributed by atoms with Gasteiger partial charge in [-0.15, -0.1) is 0 Å². The Morgan fingerprint density at radius 3 is 3.10 bits per heavy atom. The fourth-order valence-electron chi connectivity index (χ4n) is 3.54. The number of aromatic nitrogens is 3. The summed E-state index contributed by atoms with van der Waals surface area (Å²) in [4.78, 5) is 17.6. The summed E-state index contributed by atoms with van der Waals surface area (Å²) in [7, 11) is 1.61. The Balaban J connectivity index is 1.29. The molecule has 1 aliphatic heterocycles. The average molecular weight is 433 g/mol. The number of amides is 1. The molecule has 156 valence electrons. The Morgan fingerprint density at radius 1 is 1.29 bits per heavy atom. The summed E-state index contributed by atoms with van der Waals surface area (Å²) in [6.45, 7) is 2.03. The number of hydrogen-bond donors (Lipinski definition) is 1. The Morgan fingerprint density at radius 2 is 2.19 bits per heavy atom. The predicted molar refractivity (Wildman–Crippen MR) is 119 cm³/mol. The van der Waals surface area contributed by atoms with Crippen molar-refractivity contribution in [2.75, 3.05) is 13.7 Å². The fraction of sp³-hybridized carbons (Fsp3) is 0.182. The maximum atomic E-state index is 12.5. The normalized spacial score (nSPS) is 13.5. The first kappa shape index (κ1) is 19.4. The number of methoxy groups -OCH3 is 1. The van der Waals surface area contributed by atoms with E-state index in [4.69, 9.17) is 9.47 Å². The van der Waals surface area contributed by atoms with Gasteiger partial charge in [0.05, 0.1) is 36.7 Å². The molecule has 0 spiro atoms. The SMILES string of the molecule is COc1ccccc1-c1cc(C(=O)N/N=C/c2ccc3c(c2)nc2n3CCOC2)sn1. The number of fused-ring (bicyclic) bond motifs is 3. The molecule has 4 aromatic rings. The molecule has 9 heteroatoms. The van der Waals surface area contributed by atoms with Crippen molar-refractivity contribution in [1.29, 1.82) is 0 Å². The molecule has 8 nitrogen and oxygen atoms in total. The van der Waals surface area contributed by atoms with E-state index in [1.54, 1.807) is 19.4 Å². The second kappa shape index (κ2) is 8.29. The standard InChI is InChI=1S/C22H19N5O3S/c1-29-19-5-3-2-4-15(19)16-11-20(31-26-16)22(28)25-23-12-14-6-7-18-17(10-14)24-21-13-30-9-8-27(18)21/h2-7,10-12H,8-9,13H2,1H3,(H,25,28)/b23-12+. The van der Waals surface area contributed by atoms with E-state index >= 15 is 0 Å². The molecule has 0 fully saturated rings. The molecule has 0 atom stereocenters. The lowest BCUT2D eigenvalue weighted by atomic mass is 10.1. The summed E-state index contributed by atoms with van der Waals surface area (Å²) >= 11 is 1.12. The molecule has 1 aliphatic rings. The number of benzene rings is 2. The molecular formula is C22H19N5O3S. The van der Waals surface area contributed by atoms with Gasteiger partial charge < -0.3 is 14.0 Å². The number of hydrogen-bond acceptors (Lipinski definition) is 7. The molecule has 0 saturated heterocycles. The van der Waals surface area contributed by atoms with Crippen molar-refractivity contribution < 1.29 is 14.3 Å². The molecule has 2 aromatic carbocycles. The molecule has 0 aliphatic carbocycles. The lowest BCUT2D eigenvalue weighted by molar-refractivity contribution is 0.0830.